The minimum atomic E-state index is -0.750. The van der Waals surface area contributed by atoms with E-state index >= 15 is 0 Å². The van der Waals surface area contributed by atoms with Crippen LogP contribution in [0.25, 0.3) is 22.2 Å². The van der Waals surface area contributed by atoms with Gasteiger partial charge >= 0.3 is 5.69 Å². The number of halogens is 1. The van der Waals surface area contributed by atoms with Crippen LogP contribution in [0.1, 0.15) is 30.0 Å². The number of fused-ring (bicyclic) bond motifs is 2. The summed E-state index contributed by atoms with van der Waals surface area (Å²) in [6.45, 7) is 1.31. The van der Waals surface area contributed by atoms with Gasteiger partial charge in [-0.25, -0.2) is 9.18 Å². The fourth-order valence-electron chi connectivity index (χ4n) is 4.61. The van der Waals surface area contributed by atoms with E-state index in [2.05, 4.69) is 10.6 Å². The number of amides is 2. The van der Waals surface area contributed by atoms with Gasteiger partial charge in [0.1, 0.15) is 11.9 Å². The highest BCUT2D eigenvalue weighted by molar-refractivity contribution is 6.00. The lowest BCUT2D eigenvalue weighted by atomic mass is 9.94. The number of piperidine rings is 1. The molecule has 0 saturated carbocycles. The molecule has 1 atom stereocenters. The van der Waals surface area contributed by atoms with E-state index in [1.165, 1.54) is 15.2 Å². The van der Waals surface area contributed by atoms with E-state index in [0.29, 0.717) is 28.7 Å². The second kappa shape index (κ2) is 6.91. The molecule has 7 nitrogen and oxygen atoms in total. The first-order valence-electron chi connectivity index (χ1n) is 10.0. The van der Waals surface area contributed by atoms with Crippen LogP contribution in [0.5, 0.6) is 0 Å². The first kappa shape index (κ1) is 18.7. The topological polar surface area (TPSA) is 85.1 Å². The lowest BCUT2D eigenvalue weighted by Crippen LogP contribution is -2.44. The third-order valence-corrected chi connectivity index (χ3v) is 6.10. The number of carbonyl (C=O) groups is 2. The zero-order chi connectivity index (χ0) is 21.0. The van der Waals surface area contributed by atoms with Crippen molar-refractivity contribution in [1.82, 2.24) is 19.8 Å². The molecule has 0 bridgehead atoms. The molecule has 30 heavy (non-hydrogen) atoms. The fraction of sp³-hybridized carbons (Fsp3) is 0.318. The Hall–Kier alpha value is -3.26. The van der Waals surface area contributed by atoms with E-state index < -0.39 is 11.9 Å². The summed E-state index contributed by atoms with van der Waals surface area (Å²) in [5, 5.41) is 5.50. The summed E-state index contributed by atoms with van der Waals surface area (Å²) in [5.41, 5.74) is 3.99. The van der Waals surface area contributed by atoms with Gasteiger partial charge in [0, 0.05) is 31.1 Å². The number of imidazole rings is 1. The van der Waals surface area contributed by atoms with E-state index in [-0.39, 0.29) is 30.3 Å². The summed E-state index contributed by atoms with van der Waals surface area (Å²) in [4.78, 5) is 37.0. The van der Waals surface area contributed by atoms with Crippen molar-refractivity contribution >= 4 is 22.8 Å². The zero-order valence-electron chi connectivity index (χ0n) is 16.5. The molecule has 8 heteroatoms. The molecule has 2 aliphatic rings. The van der Waals surface area contributed by atoms with Crippen molar-refractivity contribution in [2.75, 3.05) is 6.54 Å². The highest BCUT2D eigenvalue weighted by atomic mass is 19.1. The van der Waals surface area contributed by atoms with Crippen LogP contribution in [0, 0.1) is 5.82 Å². The number of carbonyl (C=O) groups excluding carboxylic acids is 2. The van der Waals surface area contributed by atoms with E-state index in [9.17, 15) is 18.8 Å². The highest BCUT2D eigenvalue weighted by Gasteiger charge is 2.31. The second-order valence-corrected chi connectivity index (χ2v) is 7.87. The molecule has 1 saturated heterocycles. The molecule has 1 unspecified atom stereocenters. The largest absolute Gasteiger partial charge is 0.329 e. The van der Waals surface area contributed by atoms with Crippen LogP contribution in [0.2, 0.25) is 0 Å². The smallest absolute Gasteiger partial charge is 0.312 e. The summed E-state index contributed by atoms with van der Waals surface area (Å²) in [7, 11) is 1.65. The van der Waals surface area contributed by atoms with E-state index in [0.717, 1.165) is 24.1 Å². The first-order chi connectivity index (χ1) is 14.5. The Morgan fingerprint density at radius 1 is 1.13 bits per heavy atom. The Morgan fingerprint density at radius 2 is 1.97 bits per heavy atom. The first-order valence-corrected chi connectivity index (χ1v) is 10.0. The number of hydrogen-bond acceptors (Lipinski definition) is 4. The third-order valence-electron chi connectivity index (χ3n) is 6.10. The van der Waals surface area contributed by atoms with Crippen LogP contribution in [-0.2, 0) is 29.6 Å². The number of nitrogens with zero attached hydrogens (tertiary/aromatic N) is 2. The molecule has 2 N–H and O–H groups in total. The molecular weight excluding hydrogens is 387 g/mol. The summed E-state index contributed by atoms with van der Waals surface area (Å²) in [6.07, 6.45) is 1.20. The number of hydrogen-bond donors (Lipinski definition) is 2. The number of para-hydroxylation sites is 1. The predicted octanol–water partition coefficient (Wildman–Crippen LogP) is 1.77. The molecule has 0 aliphatic carbocycles. The zero-order valence-corrected chi connectivity index (χ0v) is 16.5. The fourth-order valence-corrected chi connectivity index (χ4v) is 4.61. The minimum Gasteiger partial charge on any atom is -0.312 e. The summed E-state index contributed by atoms with van der Waals surface area (Å²) in [5.74, 6) is -1.07. The Labute approximate surface area is 171 Å². The SMILES string of the molecule is Cn1c(=O)n(C2CCC(=O)NC2=O)c2cccc(-c3cc(F)c4c(c3)CCNC4)c21. The summed E-state index contributed by atoms with van der Waals surface area (Å²) >= 11 is 0. The van der Waals surface area contributed by atoms with Crippen molar-refractivity contribution in [2.24, 2.45) is 7.05 Å². The van der Waals surface area contributed by atoms with E-state index in [1.807, 2.05) is 12.1 Å². The van der Waals surface area contributed by atoms with Crippen LogP contribution in [0.4, 0.5) is 4.39 Å². The normalized spacial score (nSPS) is 19.1. The van der Waals surface area contributed by atoms with Crippen LogP contribution < -0.4 is 16.3 Å². The molecule has 1 aromatic heterocycles. The maximum atomic E-state index is 14.8. The van der Waals surface area contributed by atoms with Gasteiger partial charge in [-0.2, -0.15) is 0 Å². The van der Waals surface area contributed by atoms with Gasteiger partial charge in [-0.1, -0.05) is 18.2 Å². The lowest BCUT2D eigenvalue weighted by molar-refractivity contribution is -0.135. The second-order valence-electron chi connectivity index (χ2n) is 7.87. The maximum Gasteiger partial charge on any atom is 0.329 e. The molecule has 0 radical (unpaired) electrons. The summed E-state index contributed by atoms with van der Waals surface area (Å²) in [6, 6.07) is 8.19. The standard InChI is InChI=1S/C22H21FN4O3/c1-26-20-14(13-9-12-7-8-24-11-15(12)16(23)10-13)3-2-4-17(20)27(22(26)30)18-5-6-19(28)25-21(18)29/h2-4,9-10,18,24H,5-8,11H2,1H3,(H,25,28,29). The van der Waals surface area contributed by atoms with Crippen LogP contribution >= 0.6 is 0 Å². The van der Waals surface area contributed by atoms with Gasteiger partial charge in [0.05, 0.1) is 11.0 Å². The molecule has 154 valence electrons. The summed E-state index contributed by atoms with van der Waals surface area (Å²) < 4.78 is 17.7. The molecule has 2 amide bonds. The molecule has 3 heterocycles. The van der Waals surface area contributed by atoms with Gasteiger partial charge in [0.2, 0.25) is 11.8 Å². The molecular formula is C22H21FN4O3. The quantitative estimate of drug-likeness (QED) is 0.633. The van der Waals surface area contributed by atoms with Crippen LogP contribution in [0.3, 0.4) is 0 Å². The van der Waals surface area contributed by atoms with Crippen molar-refractivity contribution in [3.8, 4) is 11.1 Å². The van der Waals surface area contributed by atoms with Gasteiger partial charge in [-0.05, 0) is 42.6 Å². The molecule has 1 fully saturated rings. The van der Waals surface area contributed by atoms with Crippen molar-refractivity contribution in [1.29, 1.82) is 0 Å². The molecule has 2 aromatic carbocycles. The van der Waals surface area contributed by atoms with Gasteiger partial charge in [-0.3, -0.25) is 24.0 Å². The van der Waals surface area contributed by atoms with Crippen LogP contribution in [-0.4, -0.2) is 27.5 Å². The molecule has 5 rings (SSSR count). The lowest BCUT2D eigenvalue weighted by Gasteiger charge is -2.22. The van der Waals surface area contributed by atoms with E-state index in [4.69, 9.17) is 0 Å². The van der Waals surface area contributed by atoms with Crippen molar-refractivity contribution in [3.05, 3.63) is 57.8 Å². The van der Waals surface area contributed by atoms with E-state index in [1.54, 1.807) is 19.2 Å². The number of benzene rings is 2. The van der Waals surface area contributed by atoms with Crippen LogP contribution in [0.15, 0.2) is 35.1 Å². The molecule has 0 spiro atoms. The maximum absolute atomic E-state index is 14.8. The van der Waals surface area contributed by atoms with Gasteiger partial charge in [-0.15, -0.1) is 0 Å². The van der Waals surface area contributed by atoms with Crippen molar-refractivity contribution in [2.45, 2.75) is 31.8 Å². The molecule has 3 aromatic rings. The van der Waals surface area contributed by atoms with Crippen molar-refractivity contribution < 1.29 is 14.0 Å². The Morgan fingerprint density at radius 3 is 2.77 bits per heavy atom. The minimum absolute atomic E-state index is 0.184. The number of imide groups is 1. The highest BCUT2D eigenvalue weighted by Crippen LogP contribution is 2.33. The van der Waals surface area contributed by atoms with Gasteiger partial charge < -0.3 is 5.32 Å². The predicted molar refractivity (Wildman–Crippen MR) is 109 cm³/mol. The Kier molecular flexibility index (Phi) is 4.32. The molecule has 2 aliphatic heterocycles. The number of aryl methyl sites for hydroxylation is 1. The number of rotatable bonds is 2. The number of nitrogens with one attached hydrogen (secondary N) is 2. The number of aromatic nitrogens is 2. The third kappa shape index (κ3) is 2.79. The average molecular weight is 408 g/mol. The monoisotopic (exact) mass is 408 g/mol. The average Bonchev–Trinajstić information content (AvgIpc) is 2.99. The van der Waals surface area contributed by atoms with Gasteiger partial charge in [0.25, 0.3) is 0 Å². The Balaban J connectivity index is 1.71. The van der Waals surface area contributed by atoms with Crippen molar-refractivity contribution in [3.63, 3.8) is 0 Å². The van der Waals surface area contributed by atoms with Gasteiger partial charge in [0.15, 0.2) is 0 Å². The Bertz CT molecular complexity index is 1270.